The van der Waals surface area contributed by atoms with Crippen molar-refractivity contribution in [3.8, 4) is 0 Å². The molecule has 1 aromatic rings. The molecule has 0 aromatic heterocycles. The van der Waals surface area contributed by atoms with Crippen LogP contribution in [0.2, 0.25) is 0 Å². The third kappa shape index (κ3) is 2.90. The van der Waals surface area contributed by atoms with E-state index in [0.29, 0.717) is 6.04 Å². The Labute approximate surface area is 109 Å². The van der Waals surface area contributed by atoms with Crippen molar-refractivity contribution in [2.45, 2.75) is 43.7 Å². The van der Waals surface area contributed by atoms with E-state index < -0.39 is 0 Å². The predicted molar refractivity (Wildman–Crippen MR) is 73.0 cm³/mol. The van der Waals surface area contributed by atoms with Gasteiger partial charge in [-0.1, -0.05) is 12.1 Å². The molecule has 1 aliphatic carbocycles. The van der Waals surface area contributed by atoms with Crippen LogP contribution in [0, 0.1) is 5.82 Å². The van der Waals surface area contributed by atoms with Gasteiger partial charge in [0.25, 0.3) is 0 Å². The number of likely N-dealkylation sites (N-methyl/N-ethyl adjacent to an activating group) is 1. The Morgan fingerprint density at radius 1 is 1.33 bits per heavy atom. The summed E-state index contributed by atoms with van der Waals surface area (Å²) in [6, 6.07) is 7.30. The van der Waals surface area contributed by atoms with Gasteiger partial charge < -0.3 is 10.6 Å². The van der Waals surface area contributed by atoms with E-state index in [2.05, 4.69) is 19.0 Å². The average Bonchev–Trinajstić information content (AvgIpc) is 2.32. The first-order valence-electron chi connectivity index (χ1n) is 6.69. The number of hydrogen-bond acceptors (Lipinski definition) is 2. The molecule has 100 valence electrons. The van der Waals surface area contributed by atoms with Gasteiger partial charge >= 0.3 is 0 Å². The second-order valence-corrected chi connectivity index (χ2v) is 5.76. The Balaban J connectivity index is 2.16. The number of halogens is 1. The number of rotatable bonds is 3. The second kappa shape index (κ2) is 5.37. The fourth-order valence-corrected chi connectivity index (χ4v) is 2.99. The molecular weight excluding hydrogens is 227 g/mol. The second-order valence-electron chi connectivity index (χ2n) is 5.76. The van der Waals surface area contributed by atoms with Gasteiger partial charge in [-0.05, 0) is 63.9 Å². The lowest BCUT2D eigenvalue weighted by molar-refractivity contribution is 0.0933. The highest BCUT2D eigenvalue weighted by Gasteiger charge is 2.36. The van der Waals surface area contributed by atoms with E-state index in [4.69, 9.17) is 5.73 Å². The Morgan fingerprint density at radius 2 is 2.00 bits per heavy atom. The normalized spacial score (nSPS) is 28.6. The van der Waals surface area contributed by atoms with Gasteiger partial charge in [0.05, 0.1) is 0 Å². The summed E-state index contributed by atoms with van der Waals surface area (Å²) in [7, 11) is 4.24. The summed E-state index contributed by atoms with van der Waals surface area (Å²) in [5.41, 5.74) is 7.22. The highest BCUT2D eigenvalue weighted by atomic mass is 19.1. The van der Waals surface area contributed by atoms with Crippen molar-refractivity contribution in [1.82, 2.24) is 4.90 Å². The van der Waals surface area contributed by atoms with E-state index in [-0.39, 0.29) is 11.4 Å². The van der Waals surface area contributed by atoms with Crippen LogP contribution in [-0.2, 0) is 6.42 Å². The Morgan fingerprint density at radius 3 is 2.56 bits per heavy atom. The predicted octanol–water partition coefficient (Wildman–Crippen LogP) is 2.57. The fourth-order valence-electron chi connectivity index (χ4n) is 2.99. The third-order valence-corrected chi connectivity index (χ3v) is 4.33. The number of nitrogens with zero attached hydrogens (tertiary/aromatic N) is 1. The lowest BCUT2D eigenvalue weighted by Crippen LogP contribution is -2.50. The molecule has 0 aliphatic heterocycles. The Bertz CT molecular complexity index is 395. The van der Waals surface area contributed by atoms with Crippen molar-refractivity contribution < 1.29 is 4.39 Å². The van der Waals surface area contributed by atoms with Gasteiger partial charge in [0, 0.05) is 11.6 Å². The maximum absolute atomic E-state index is 13.3. The van der Waals surface area contributed by atoms with E-state index in [0.717, 1.165) is 37.7 Å². The molecule has 0 atom stereocenters. The van der Waals surface area contributed by atoms with Gasteiger partial charge in [-0.15, -0.1) is 0 Å². The summed E-state index contributed by atoms with van der Waals surface area (Å²) in [6.07, 6.45) is 5.22. The molecule has 3 heteroatoms. The zero-order valence-electron chi connectivity index (χ0n) is 11.3. The minimum absolute atomic E-state index is 0.143. The summed E-state index contributed by atoms with van der Waals surface area (Å²) < 4.78 is 13.3. The number of benzene rings is 1. The van der Waals surface area contributed by atoms with E-state index in [1.54, 1.807) is 12.1 Å². The molecule has 0 heterocycles. The summed E-state index contributed by atoms with van der Waals surface area (Å²) in [5.74, 6) is -0.145. The Hall–Kier alpha value is -0.930. The molecule has 18 heavy (non-hydrogen) atoms. The summed E-state index contributed by atoms with van der Waals surface area (Å²) in [5, 5.41) is 0. The minimum atomic E-state index is -0.145. The van der Waals surface area contributed by atoms with Gasteiger partial charge in [0.1, 0.15) is 5.82 Å². The molecule has 0 spiro atoms. The van der Waals surface area contributed by atoms with Crippen LogP contribution in [0.15, 0.2) is 24.3 Å². The van der Waals surface area contributed by atoms with Crippen molar-refractivity contribution in [1.29, 1.82) is 0 Å². The lowest BCUT2D eigenvalue weighted by atomic mass is 9.75. The monoisotopic (exact) mass is 250 g/mol. The maximum Gasteiger partial charge on any atom is 0.123 e. The van der Waals surface area contributed by atoms with E-state index >= 15 is 0 Å². The zero-order valence-corrected chi connectivity index (χ0v) is 11.3. The molecule has 0 saturated heterocycles. The molecule has 0 bridgehead atoms. The molecule has 2 nitrogen and oxygen atoms in total. The van der Waals surface area contributed by atoms with Crippen LogP contribution >= 0.6 is 0 Å². The maximum atomic E-state index is 13.3. The van der Waals surface area contributed by atoms with Gasteiger partial charge in [-0.2, -0.15) is 0 Å². The average molecular weight is 250 g/mol. The Kier molecular flexibility index (Phi) is 4.03. The van der Waals surface area contributed by atoms with Crippen LogP contribution in [0.1, 0.15) is 31.2 Å². The molecule has 1 aliphatic rings. The van der Waals surface area contributed by atoms with E-state index in [1.807, 2.05) is 6.07 Å². The zero-order chi connectivity index (χ0) is 13.2. The summed E-state index contributed by atoms with van der Waals surface area (Å²) >= 11 is 0. The van der Waals surface area contributed by atoms with Crippen LogP contribution in [-0.4, -0.2) is 30.6 Å². The molecule has 1 fully saturated rings. The lowest BCUT2D eigenvalue weighted by Gasteiger charge is -2.45. The van der Waals surface area contributed by atoms with Gasteiger partial charge in [0.15, 0.2) is 0 Å². The van der Waals surface area contributed by atoms with Crippen LogP contribution in [0.3, 0.4) is 0 Å². The molecular formula is C15H23FN2. The molecule has 2 N–H and O–H groups in total. The van der Waals surface area contributed by atoms with E-state index in [1.165, 1.54) is 6.07 Å². The number of nitrogens with two attached hydrogens (primary N) is 1. The molecule has 0 unspecified atom stereocenters. The standard InChI is InChI=1S/C15H23FN2/c1-18(2)15(8-6-14(17)7-9-15)11-12-4-3-5-13(16)10-12/h3-5,10,14H,6-9,11,17H2,1-2H3. The quantitative estimate of drug-likeness (QED) is 0.893. The topological polar surface area (TPSA) is 29.3 Å². The molecule has 1 saturated carbocycles. The molecule has 0 amide bonds. The SMILES string of the molecule is CN(C)C1(Cc2cccc(F)c2)CCC(N)CC1. The largest absolute Gasteiger partial charge is 0.328 e. The first-order valence-corrected chi connectivity index (χ1v) is 6.69. The van der Waals surface area contributed by atoms with Crippen molar-refractivity contribution in [2.24, 2.45) is 5.73 Å². The van der Waals surface area contributed by atoms with Gasteiger partial charge in [-0.3, -0.25) is 0 Å². The number of hydrogen-bond donors (Lipinski definition) is 1. The summed E-state index contributed by atoms with van der Waals surface area (Å²) in [6.45, 7) is 0. The molecule has 0 radical (unpaired) electrons. The summed E-state index contributed by atoms with van der Waals surface area (Å²) in [4.78, 5) is 2.30. The smallest absolute Gasteiger partial charge is 0.123 e. The van der Waals surface area contributed by atoms with Crippen molar-refractivity contribution in [3.05, 3.63) is 35.6 Å². The van der Waals surface area contributed by atoms with Crippen molar-refractivity contribution >= 4 is 0 Å². The van der Waals surface area contributed by atoms with Crippen LogP contribution < -0.4 is 5.73 Å². The van der Waals surface area contributed by atoms with Gasteiger partial charge in [0.2, 0.25) is 0 Å². The highest BCUT2D eigenvalue weighted by molar-refractivity contribution is 5.19. The van der Waals surface area contributed by atoms with Crippen molar-refractivity contribution in [3.63, 3.8) is 0 Å². The fraction of sp³-hybridized carbons (Fsp3) is 0.600. The van der Waals surface area contributed by atoms with Crippen LogP contribution in [0.4, 0.5) is 4.39 Å². The molecule has 1 aromatic carbocycles. The first kappa shape index (κ1) is 13.5. The molecule has 2 rings (SSSR count). The van der Waals surface area contributed by atoms with E-state index in [9.17, 15) is 4.39 Å². The minimum Gasteiger partial charge on any atom is -0.328 e. The first-order chi connectivity index (χ1) is 8.52. The van der Waals surface area contributed by atoms with Crippen LogP contribution in [0.25, 0.3) is 0 Å². The highest BCUT2D eigenvalue weighted by Crippen LogP contribution is 2.34. The van der Waals surface area contributed by atoms with Gasteiger partial charge in [-0.25, -0.2) is 4.39 Å². The van der Waals surface area contributed by atoms with Crippen LogP contribution in [0.5, 0.6) is 0 Å². The third-order valence-electron chi connectivity index (χ3n) is 4.33. The van der Waals surface area contributed by atoms with Crippen molar-refractivity contribution in [2.75, 3.05) is 14.1 Å².